The van der Waals surface area contributed by atoms with E-state index in [9.17, 15) is 9.59 Å². The molecule has 1 aromatic carbocycles. The number of fused-ring (bicyclic) bond motifs is 1. The topological polar surface area (TPSA) is 93.7 Å². The highest BCUT2D eigenvalue weighted by atomic mass is 32.1. The van der Waals surface area contributed by atoms with Gasteiger partial charge in [-0.25, -0.2) is 19.6 Å². The number of nitrogens with zero attached hydrogens (tertiary/aromatic N) is 3. The van der Waals surface area contributed by atoms with E-state index < -0.39 is 5.97 Å². The lowest BCUT2D eigenvalue weighted by Gasteiger charge is -2.27. The number of carbonyl (C=O) groups is 2. The highest BCUT2D eigenvalue weighted by molar-refractivity contribution is 7.21. The molecule has 0 atom stereocenters. The second-order valence-corrected chi connectivity index (χ2v) is 7.51. The third kappa shape index (κ3) is 3.79. The molecule has 1 aliphatic heterocycles. The first-order valence-corrected chi connectivity index (χ1v) is 9.98. The van der Waals surface area contributed by atoms with Gasteiger partial charge in [-0.05, 0) is 6.92 Å². The monoisotopic (exact) mass is 412 g/mol. The zero-order valence-electron chi connectivity index (χ0n) is 16.1. The molecule has 3 aromatic rings. The zero-order valence-corrected chi connectivity index (χ0v) is 16.9. The summed E-state index contributed by atoms with van der Waals surface area (Å²) in [7, 11) is 1.31. The van der Waals surface area contributed by atoms with Gasteiger partial charge in [0.2, 0.25) is 0 Å². The van der Waals surface area contributed by atoms with Crippen LogP contribution in [0.4, 0.5) is 10.5 Å². The number of hydrogen-bond donors (Lipinski definition) is 1. The molecule has 1 fully saturated rings. The molecule has 1 saturated heterocycles. The van der Waals surface area contributed by atoms with Crippen molar-refractivity contribution in [2.24, 2.45) is 0 Å². The summed E-state index contributed by atoms with van der Waals surface area (Å²) in [4.78, 5) is 36.9. The van der Waals surface area contributed by atoms with Gasteiger partial charge in [0.15, 0.2) is 5.82 Å². The first-order chi connectivity index (χ1) is 14.1. The number of thiophene rings is 1. The van der Waals surface area contributed by atoms with Crippen molar-refractivity contribution in [1.82, 2.24) is 14.9 Å². The van der Waals surface area contributed by atoms with Gasteiger partial charge in [-0.1, -0.05) is 30.3 Å². The van der Waals surface area contributed by atoms with Crippen LogP contribution in [0.15, 0.2) is 30.3 Å². The molecule has 1 aliphatic rings. The normalized spacial score (nSPS) is 14.1. The molecular formula is C20H20N4O4S. The van der Waals surface area contributed by atoms with E-state index in [0.717, 1.165) is 5.56 Å². The highest BCUT2D eigenvalue weighted by Gasteiger charge is 2.26. The van der Waals surface area contributed by atoms with Gasteiger partial charge in [-0.15, -0.1) is 11.3 Å². The van der Waals surface area contributed by atoms with Crippen molar-refractivity contribution < 1.29 is 19.1 Å². The van der Waals surface area contributed by atoms with E-state index in [2.05, 4.69) is 15.3 Å². The molecule has 1 N–H and O–H groups in total. The largest absolute Gasteiger partial charge is 0.465 e. The van der Waals surface area contributed by atoms with Crippen LogP contribution in [0.25, 0.3) is 21.6 Å². The summed E-state index contributed by atoms with van der Waals surface area (Å²) >= 11 is 1.18. The van der Waals surface area contributed by atoms with Crippen LogP contribution in [-0.2, 0) is 9.47 Å². The number of ether oxygens (including phenoxy) is 2. The van der Waals surface area contributed by atoms with Crippen LogP contribution in [0, 0.1) is 6.92 Å². The van der Waals surface area contributed by atoms with Crippen LogP contribution in [-0.4, -0.2) is 60.3 Å². The third-order valence-electron chi connectivity index (χ3n) is 4.67. The van der Waals surface area contributed by atoms with Crippen LogP contribution in [0.2, 0.25) is 0 Å². The lowest BCUT2D eigenvalue weighted by atomic mass is 10.2. The minimum Gasteiger partial charge on any atom is -0.465 e. The van der Waals surface area contributed by atoms with E-state index in [1.165, 1.54) is 18.4 Å². The van der Waals surface area contributed by atoms with Crippen molar-refractivity contribution in [3.05, 3.63) is 40.9 Å². The molecular weight excluding hydrogens is 392 g/mol. The number of amides is 2. The lowest BCUT2D eigenvalue weighted by molar-refractivity contribution is 0.0564. The second kappa shape index (κ2) is 8.14. The number of esters is 1. The fraction of sp³-hybridized carbons (Fsp3) is 0.300. The van der Waals surface area contributed by atoms with Crippen molar-refractivity contribution in [2.75, 3.05) is 38.7 Å². The predicted octanol–water partition coefficient (Wildman–Crippen LogP) is 3.32. The summed E-state index contributed by atoms with van der Waals surface area (Å²) in [6, 6.07) is 9.33. The minimum atomic E-state index is -0.522. The summed E-state index contributed by atoms with van der Waals surface area (Å²) < 4.78 is 10.2. The van der Waals surface area contributed by atoms with E-state index >= 15 is 0 Å². The van der Waals surface area contributed by atoms with Crippen LogP contribution in [0.5, 0.6) is 0 Å². The molecule has 2 aromatic heterocycles. The van der Waals surface area contributed by atoms with Crippen molar-refractivity contribution in [3.8, 4) is 11.4 Å². The average Bonchev–Trinajstić information content (AvgIpc) is 3.13. The van der Waals surface area contributed by atoms with Gasteiger partial charge in [0, 0.05) is 18.7 Å². The van der Waals surface area contributed by atoms with Crippen molar-refractivity contribution >= 4 is 39.2 Å². The summed E-state index contributed by atoms with van der Waals surface area (Å²) in [5.74, 6) is 0.0465. The summed E-state index contributed by atoms with van der Waals surface area (Å²) in [6.07, 6.45) is 0. The number of aryl methyl sites for hydroxylation is 1. The average molecular weight is 412 g/mol. The van der Waals surface area contributed by atoms with Crippen molar-refractivity contribution in [1.29, 1.82) is 0 Å². The number of urea groups is 1. The number of aromatic nitrogens is 2. The molecule has 2 amide bonds. The Hall–Kier alpha value is -3.04. The minimum absolute atomic E-state index is 0.287. The smallest absolute Gasteiger partial charge is 0.350 e. The van der Waals surface area contributed by atoms with Crippen LogP contribution in [0.1, 0.15) is 15.4 Å². The molecule has 0 aliphatic carbocycles. The van der Waals surface area contributed by atoms with Gasteiger partial charge < -0.3 is 19.7 Å². The van der Waals surface area contributed by atoms with Crippen LogP contribution in [0.3, 0.4) is 0 Å². The zero-order chi connectivity index (χ0) is 20.4. The molecule has 3 heterocycles. The fourth-order valence-electron chi connectivity index (χ4n) is 3.19. The number of nitrogens with one attached hydrogen (secondary N) is 1. The maximum atomic E-state index is 12.7. The Bertz CT molecular complexity index is 1060. The first-order valence-electron chi connectivity index (χ1n) is 9.17. The maximum Gasteiger partial charge on any atom is 0.350 e. The predicted molar refractivity (Wildman–Crippen MR) is 110 cm³/mol. The molecule has 4 rings (SSSR count). The Morgan fingerprint density at radius 3 is 2.59 bits per heavy atom. The first kappa shape index (κ1) is 19.3. The van der Waals surface area contributed by atoms with Crippen LogP contribution < -0.4 is 5.32 Å². The number of benzene rings is 1. The number of hydrogen-bond acceptors (Lipinski definition) is 7. The molecule has 0 saturated carbocycles. The van der Waals surface area contributed by atoms with Crippen LogP contribution >= 0.6 is 11.3 Å². The lowest BCUT2D eigenvalue weighted by Crippen LogP contribution is -2.43. The SMILES string of the molecule is COC(=O)c1sc2nc(-c3ccccc3)nc(C)c2c1NC(=O)N1CCOCC1. The van der Waals surface area contributed by atoms with Gasteiger partial charge in [-0.3, -0.25) is 0 Å². The standard InChI is InChI=1S/C20H20N4O4S/c1-12-14-15(22-20(26)24-8-10-28-11-9-24)16(19(25)27-2)29-18(14)23-17(21-12)13-6-4-3-5-7-13/h3-7H,8-11H2,1-2H3,(H,22,26). The van der Waals surface area contributed by atoms with E-state index in [0.29, 0.717) is 58.6 Å². The van der Waals surface area contributed by atoms with E-state index in [4.69, 9.17) is 9.47 Å². The molecule has 8 nitrogen and oxygen atoms in total. The molecule has 0 spiro atoms. The maximum absolute atomic E-state index is 12.7. The summed E-state index contributed by atoms with van der Waals surface area (Å²) in [5.41, 5.74) is 1.95. The Labute approximate surface area is 171 Å². The Balaban J connectivity index is 1.79. The van der Waals surface area contributed by atoms with E-state index in [-0.39, 0.29) is 6.03 Å². The van der Waals surface area contributed by atoms with Gasteiger partial charge in [0.25, 0.3) is 0 Å². The fourth-order valence-corrected chi connectivity index (χ4v) is 4.29. The molecule has 0 unspecified atom stereocenters. The number of morpholine rings is 1. The second-order valence-electron chi connectivity index (χ2n) is 6.51. The number of carbonyl (C=O) groups excluding carboxylic acids is 2. The molecule has 150 valence electrons. The van der Waals surface area contributed by atoms with Gasteiger partial charge in [0.05, 0.1) is 37.1 Å². The number of rotatable bonds is 3. The van der Waals surface area contributed by atoms with E-state index in [1.807, 2.05) is 37.3 Å². The van der Waals surface area contributed by atoms with Gasteiger partial charge >= 0.3 is 12.0 Å². The summed E-state index contributed by atoms with van der Waals surface area (Å²) in [6.45, 7) is 3.81. The van der Waals surface area contributed by atoms with E-state index in [1.54, 1.807) is 4.90 Å². The number of anilines is 1. The molecule has 29 heavy (non-hydrogen) atoms. The highest BCUT2D eigenvalue weighted by Crippen LogP contribution is 2.38. The molecule has 9 heteroatoms. The van der Waals surface area contributed by atoms with Crippen molar-refractivity contribution in [3.63, 3.8) is 0 Å². The Morgan fingerprint density at radius 1 is 1.17 bits per heavy atom. The Morgan fingerprint density at radius 2 is 1.90 bits per heavy atom. The summed E-state index contributed by atoms with van der Waals surface area (Å²) in [5, 5.41) is 3.53. The molecule has 0 radical (unpaired) electrons. The van der Waals surface area contributed by atoms with Gasteiger partial charge in [0.1, 0.15) is 9.71 Å². The number of methoxy groups -OCH3 is 1. The van der Waals surface area contributed by atoms with Gasteiger partial charge in [-0.2, -0.15) is 0 Å². The quantitative estimate of drug-likeness (QED) is 0.664. The Kier molecular flexibility index (Phi) is 5.41. The molecule has 0 bridgehead atoms. The van der Waals surface area contributed by atoms with Crippen molar-refractivity contribution in [2.45, 2.75) is 6.92 Å². The third-order valence-corrected chi connectivity index (χ3v) is 5.73.